The van der Waals surface area contributed by atoms with Gasteiger partial charge in [0.2, 0.25) is 0 Å². The second-order valence-corrected chi connectivity index (χ2v) is 10.2. The van der Waals surface area contributed by atoms with Gasteiger partial charge in [0.25, 0.3) is 5.91 Å². The van der Waals surface area contributed by atoms with Crippen LogP contribution in [0.15, 0.2) is 64.2 Å². The van der Waals surface area contributed by atoms with Gasteiger partial charge < -0.3 is 24.8 Å². The third-order valence-corrected chi connectivity index (χ3v) is 6.68. The Kier molecular flexibility index (Phi) is 12.6. The van der Waals surface area contributed by atoms with Crippen molar-refractivity contribution in [3.63, 3.8) is 0 Å². The van der Waals surface area contributed by atoms with E-state index in [2.05, 4.69) is 44.0 Å². The molecule has 3 amide bonds. The number of amides is 3. The lowest BCUT2D eigenvalue weighted by molar-refractivity contribution is -0.136. The molecule has 3 N–H and O–H groups in total. The van der Waals surface area contributed by atoms with Gasteiger partial charge in [-0.15, -0.1) is 0 Å². The summed E-state index contributed by atoms with van der Waals surface area (Å²) >= 11 is 9.56. The SMILES string of the molecule is CCCCOc1ccc(NC(=O)C(=O)N/N=C\c2cc(Br)c(OCC(=O)Nc3cccc(Cl)c3C)c(OCC)c2)cc1. The Morgan fingerprint density at radius 2 is 1.74 bits per heavy atom. The van der Waals surface area contributed by atoms with Gasteiger partial charge in [-0.05, 0) is 95.9 Å². The highest BCUT2D eigenvalue weighted by atomic mass is 79.9. The number of halogens is 2. The zero-order valence-corrected chi connectivity index (χ0v) is 25.8. The summed E-state index contributed by atoms with van der Waals surface area (Å²) in [6.45, 7) is 6.36. The molecule has 10 nitrogen and oxygen atoms in total. The van der Waals surface area contributed by atoms with Gasteiger partial charge in [0.1, 0.15) is 5.75 Å². The topological polar surface area (TPSA) is 127 Å². The number of anilines is 2. The average molecular weight is 660 g/mol. The fraction of sp³-hybridized carbons (Fsp3) is 0.267. The summed E-state index contributed by atoms with van der Waals surface area (Å²) in [5.74, 6) is -0.848. The van der Waals surface area contributed by atoms with Crippen LogP contribution < -0.4 is 30.3 Å². The normalized spacial score (nSPS) is 10.7. The third kappa shape index (κ3) is 9.78. The van der Waals surface area contributed by atoms with E-state index in [9.17, 15) is 14.4 Å². The van der Waals surface area contributed by atoms with Crippen LogP contribution in [0.5, 0.6) is 17.2 Å². The van der Waals surface area contributed by atoms with E-state index in [-0.39, 0.29) is 12.5 Å². The molecule has 0 heterocycles. The van der Waals surface area contributed by atoms with Crippen LogP contribution in [0.2, 0.25) is 5.02 Å². The molecule has 0 atom stereocenters. The minimum atomic E-state index is -0.945. The fourth-order valence-corrected chi connectivity index (χ4v) is 4.25. The first-order chi connectivity index (χ1) is 20.2. The minimum Gasteiger partial charge on any atom is -0.494 e. The first kappa shape index (κ1) is 32.4. The van der Waals surface area contributed by atoms with Gasteiger partial charge in [-0.3, -0.25) is 14.4 Å². The van der Waals surface area contributed by atoms with Crippen molar-refractivity contribution in [2.45, 2.75) is 33.6 Å². The van der Waals surface area contributed by atoms with Crippen LogP contribution in [-0.4, -0.2) is 43.8 Å². The molecule has 0 aliphatic carbocycles. The lowest BCUT2D eigenvalue weighted by Gasteiger charge is -2.15. The van der Waals surface area contributed by atoms with Gasteiger partial charge in [-0.1, -0.05) is 31.0 Å². The lowest BCUT2D eigenvalue weighted by atomic mass is 10.2. The maximum absolute atomic E-state index is 12.5. The van der Waals surface area contributed by atoms with Crippen molar-refractivity contribution < 1.29 is 28.6 Å². The molecule has 42 heavy (non-hydrogen) atoms. The van der Waals surface area contributed by atoms with Gasteiger partial charge >= 0.3 is 11.8 Å². The first-order valence-electron chi connectivity index (χ1n) is 13.2. The predicted molar refractivity (Wildman–Crippen MR) is 167 cm³/mol. The number of carbonyl (C=O) groups is 3. The highest BCUT2D eigenvalue weighted by Gasteiger charge is 2.16. The van der Waals surface area contributed by atoms with Crippen molar-refractivity contribution in [3.8, 4) is 17.2 Å². The second-order valence-electron chi connectivity index (χ2n) is 8.89. The maximum Gasteiger partial charge on any atom is 0.329 e. The van der Waals surface area contributed by atoms with E-state index >= 15 is 0 Å². The number of unbranched alkanes of at least 4 members (excludes halogenated alkanes) is 1. The van der Waals surface area contributed by atoms with E-state index in [1.54, 1.807) is 68.4 Å². The molecule has 0 bridgehead atoms. The van der Waals surface area contributed by atoms with Crippen molar-refractivity contribution in [2.75, 3.05) is 30.5 Å². The number of carbonyl (C=O) groups excluding carboxylic acids is 3. The van der Waals surface area contributed by atoms with Crippen molar-refractivity contribution in [1.82, 2.24) is 5.43 Å². The molecule has 3 aromatic carbocycles. The van der Waals surface area contributed by atoms with E-state index in [0.29, 0.717) is 56.9 Å². The second kappa shape index (κ2) is 16.4. The molecule has 0 spiro atoms. The summed E-state index contributed by atoms with van der Waals surface area (Å²) in [4.78, 5) is 37.0. The van der Waals surface area contributed by atoms with Crippen LogP contribution in [-0.2, 0) is 14.4 Å². The van der Waals surface area contributed by atoms with Gasteiger partial charge in [0.15, 0.2) is 18.1 Å². The molecule has 0 unspecified atom stereocenters. The molecular weight excluding hydrogens is 628 g/mol. The van der Waals surface area contributed by atoms with Crippen LogP contribution in [0.3, 0.4) is 0 Å². The molecule has 0 saturated heterocycles. The molecule has 0 aliphatic heterocycles. The lowest BCUT2D eigenvalue weighted by Crippen LogP contribution is -2.32. The highest BCUT2D eigenvalue weighted by Crippen LogP contribution is 2.36. The number of hydrogen-bond acceptors (Lipinski definition) is 7. The van der Waals surface area contributed by atoms with Crippen LogP contribution in [0.25, 0.3) is 0 Å². The minimum absolute atomic E-state index is 0.280. The number of hydrazone groups is 1. The summed E-state index contributed by atoms with van der Waals surface area (Å²) in [6.07, 6.45) is 3.33. The predicted octanol–water partition coefficient (Wildman–Crippen LogP) is 6.09. The third-order valence-electron chi connectivity index (χ3n) is 5.69. The maximum atomic E-state index is 12.5. The van der Waals surface area contributed by atoms with E-state index in [0.717, 1.165) is 18.4 Å². The summed E-state index contributed by atoms with van der Waals surface area (Å²) in [6, 6.07) is 15.3. The standard InChI is InChI=1S/C30H32BrClN4O6/c1-4-6-14-41-22-12-10-21(11-13-22)34-29(38)30(39)36-33-17-20-15-23(31)28(26(16-20)40-5-2)42-18-27(37)35-25-9-7-8-24(32)19(25)3/h7-13,15-17H,4-6,14,18H2,1-3H3,(H,34,38)(H,35,37)(H,36,39)/b33-17-. The molecule has 0 aromatic heterocycles. The number of benzene rings is 3. The molecular formula is C30H32BrClN4O6. The number of ether oxygens (including phenoxy) is 3. The number of hydrogen-bond donors (Lipinski definition) is 3. The van der Waals surface area contributed by atoms with E-state index in [1.165, 1.54) is 6.21 Å². The number of rotatable bonds is 13. The van der Waals surface area contributed by atoms with Crippen molar-refractivity contribution in [2.24, 2.45) is 5.10 Å². The monoisotopic (exact) mass is 658 g/mol. The quantitative estimate of drug-likeness (QED) is 0.0882. The Hall–Kier alpha value is -4.09. The van der Waals surface area contributed by atoms with Crippen LogP contribution in [0, 0.1) is 6.92 Å². The Morgan fingerprint density at radius 3 is 2.45 bits per heavy atom. The molecule has 12 heteroatoms. The molecule has 222 valence electrons. The van der Waals surface area contributed by atoms with Crippen LogP contribution in [0.4, 0.5) is 11.4 Å². The summed E-state index contributed by atoms with van der Waals surface area (Å²) in [5, 5.41) is 9.70. The van der Waals surface area contributed by atoms with Gasteiger partial charge in [-0.25, -0.2) is 5.43 Å². The van der Waals surface area contributed by atoms with Gasteiger partial charge in [-0.2, -0.15) is 5.10 Å². The number of nitrogens with one attached hydrogen (secondary N) is 3. The molecule has 0 aliphatic rings. The highest BCUT2D eigenvalue weighted by molar-refractivity contribution is 9.10. The smallest absolute Gasteiger partial charge is 0.329 e. The molecule has 0 saturated carbocycles. The van der Waals surface area contributed by atoms with E-state index < -0.39 is 11.8 Å². The fourth-order valence-electron chi connectivity index (χ4n) is 3.51. The first-order valence-corrected chi connectivity index (χ1v) is 14.4. The largest absolute Gasteiger partial charge is 0.494 e. The summed E-state index contributed by atoms with van der Waals surface area (Å²) in [5.41, 5.74) is 4.52. The average Bonchev–Trinajstić information content (AvgIpc) is 2.96. The Balaban J connectivity index is 1.57. The molecule has 0 radical (unpaired) electrons. The molecule has 3 aromatic rings. The number of nitrogens with zero attached hydrogens (tertiary/aromatic N) is 1. The Labute approximate surface area is 257 Å². The van der Waals surface area contributed by atoms with Crippen molar-refractivity contribution >= 4 is 62.8 Å². The van der Waals surface area contributed by atoms with E-state index in [1.807, 2.05) is 0 Å². The summed E-state index contributed by atoms with van der Waals surface area (Å²) in [7, 11) is 0. The zero-order chi connectivity index (χ0) is 30.5. The van der Waals surface area contributed by atoms with Crippen molar-refractivity contribution in [1.29, 1.82) is 0 Å². The van der Waals surface area contributed by atoms with Crippen LogP contribution in [0.1, 0.15) is 37.8 Å². The Morgan fingerprint density at radius 1 is 0.976 bits per heavy atom. The molecule has 3 rings (SSSR count). The Bertz CT molecular complexity index is 1430. The molecule has 0 fully saturated rings. The van der Waals surface area contributed by atoms with E-state index in [4.69, 9.17) is 25.8 Å². The zero-order valence-electron chi connectivity index (χ0n) is 23.5. The summed E-state index contributed by atoms with van der Waals surface area (Å²) < 4.78 is 17.5. The van der Waals surface area contributed by atoms with Crippen molar-refractivity contribution in [3.05, 3.63) is 75.2 Å². The van der Waals surface area contributed by atoms with Crippen LogP contribution >= 0.6 is 27.5 Å². The van der Waals surface area contributed by atoms with Gasteiger partial charge in [0, 0.05) is 16.4 Å². The van der Waals surface area contributed by atoms with Gasteiger partial charge in [0.05, 0.1) is 23.9 Å².